The molecule has 0 aliphatic rings. The lowest BCUT2D eigenvalue weighted by Gasteiger charge is -2.11. The van der Waals surface area contributed by atoms with Crippen LogP contribution in [0.2, 0.25) is 0 Å². The molecule has 0 atom stereocenters. The van der Waals surface area contributed by atoms with Gasteiger partial charge in [0, 0.05) is 0 Å². The molecular formula is C13H21NO2. The number of methoxy groups -OCH3 is 1. The molecule has 0 saturated carbocycles. The number of rotatable bonds is 7. The summed E-state index contributed by atoms with van der Waals surface area (Å²) in [7, 11) is 3.63. The first-order chi connectivity index (χ1) is 7.81. The molecule has 0 amide bonds. The molecule has 0 spiro atoms. The van der Waals surface area contributed by atoms with Crippen LogP contribution in [0, 0.1) is 0 Å². The SMILES string of the molecule is CCCOc1ccc(CCNC)cc1OC. The monoisotopic (exact) mass is 223 g/mol. The van der Waals surface area contributed by atoms with Crippen molar-refractivity contribution in [2.24, 2.45) is 0 Å². The summed E-state index contributed by atoms with van der Waals surface area (Å²) in [6.45, 7) is 3.79. The largest absolute Gasteiger partial charge is 0.493 e. The summed E-state index contributed by atoms with van der Waals surface area (Å²) in [4.78, 5) is 0. The number of hydrogen-bond donors (Lipinski definition) is 1. The Balaban J connectivity index is 2.71. The van der Waals surface area contributed by atoms with E-state index in [2.05, 4.69) is 18.3 Å². The van der Waals surface area contributed by atoms with Crippen molar-refractivity contribution in [3.8, 4) is 11.5 Å². The van der Waals surface area contributed by atoms with Gasteiger partial charge in [-0.1, -0.05) is 13.0 Å². The minimum atomic E-state index is 0.728. The first-order valence-electron chi connectivity index (χ1n) is 5.76. The number of hydrogen-bond acceptors (Lipinski definition) is 3. The smallest absolute Gasteiger partial charge is 0.161 e. The Kier molecular flexibility index (Phi) is 5.72. The molecule has 0 bridgehead atoms. The lowest BCUT2D eigenvalue weighted by Crippen LogP contribution is -2.10. The Morgan fingerprint density at radius 3 is 2.69 bits per heavy atom. The molecule has 90 valence electrons. The van der Waals surface area contributed by atoms with E-state index in [1.54, 1.807) is 7.11 Å². The molecule has 1 aromatic rings. The molecule has 1 N–H and O–H groups in total. The third kappa shape index (κ3) is 3.74. The van der Waals surface area contributed by atoms with Crippen molar-refractivity contribution in [3.05, 3.63) is 23.8 Å². The lowest BCUT2D eigenvalue weighted by atomic mass is 10.1. The zero-order chi connectivity index (χ0) is 11.8. The van der Waals surface area contributed by atoms with E-state index in [1.165, 1.54) is 5.56 Å². The fraction of sp³-hybridized carbons (Fsp3) is 0.538. The number of likely N-dealkylation sites (N-methyl/N-ethyl adjacent to an activating group) is 1. The van der Waals surface area contributed by atoms with Crippen LogP contribution in [0.25, 0.3) is 0 Å². The molecule has 3 heteroatoms. The highest BCUT2D eigenvalue weighted by molar-refractivity contribution is 5.43. The minimum absolute atomic E-state index is 0.728. The highest BCUT2D eigenvalue weighted by Gasteiger charge is 2.05. The summed E-state index contributed by atoms with van der Waals surface area (Å²) in [6.07, 6.45) is 2.01. The molecule has 0 aromatic heterocycles. The standard InChI is InChI=1S/C13H21NO2/c1-4-9-16-12-6-5-11(7-8-14-2)10-13(12)15-3/h5-6,10,14H,4,7-9H2,1-3H3. The predicted molar refractivity (Wildman–Crippen MR) is 66.4 cm³/mol. The molecule has 0 fully saturated rings. The quantitative estimate of drug-likeness (QED) is 0.769. The van der Waals surface area contributed by atoms with Crippen LogP contribution < -0.4 is 14.8 Å². The number of benzene rings is 1. The second kappa shape index (κ2) is 7.12. The zero-order valence-electron chi connectivity index (χ0n) is 10.4. The predicted octanol–water partition coefficient (Wildman–Crippen LogP) is 2.25. The van der Waals surface area contributed by atoms with Crippen molar-refractivity contribution >= 4 is 0 Å². The second-order valence-corrected chi connectivity index (χ2v) is 3.69. The van der Waals surface area contributed by atoms with E-state index in [9.17, 15) is 0 Å². The van der Waals surface area contributed by atoms with Gasteiger partial charge in [0.25, 0.3) is 0 Å². The van der Waals surface area contributed by atoms with Crippen molar-refractivity contribution in [1.82, 2.24) is 5.32 Å². The van der Waals surface area contributed by atoms with Crippen LogP contribution in [0.4, 0.5) is 0 Å². The van der Waals surface area contributed by atoms with E-state index in [0.717, 1.165) is 37.5 Å². The van der Waals surface area contributed by atoms with Gasteiger partial charge in [0.1, 0.15) is 0 Å². The summed E-state index contributed by atoms with van der Waals surface area (Å²) in [5.74, 6) is 1.65. The van der Waals surface area contributed by atoms with E-state index >= 15 is 0 Å². The van der Waals surface area contributed by atoms with Crippen LogP contribution in [0.15, 0.2) is 18.2 Å². The van der Waals surface area contributed by atoms with Gasteiger partial charge in [-0.3, -0.25) is 0 Å². The molecule has 3 nitrogen and oxygen atoms in total. The van der Waals surface area contributed by atoms with E-state index in [0.29, 0.717) is 0 Å². The van der Waals surface area contributed by atoms with E-state index < -0.39 is 0 Å². The summed E-state index contributed by atoms with van der Waals surface area (Å²) < 4.78 is 10.9. The first-order valence-corrected chi connectivity index (χ1v) is 5.76. The highest BCUT2D eigenvalue weighted by atomic mass is 16.5. The third-order valence-electron chi connectivity index (χ3n) is 2.35. The van der Waals surface area contributed by atoms with Gasteiger partial charge in [-0.25, -0.2) is 0 Å². The average Bonchev–Trinajstić information content (AvgIpc) is 2.34. The first kappa shape index (κ1) is 12.8. The van der Waals surface area contributed by atoms with Gasteiger partial charge in [-0.2, -0.15) is 0 Å². The molecular weight excluding hydrogens is 202 g/mol. The van der Waals surface area contributed by atoms with Crippen molar-refractivity contribution in [2.75, 3.05) is 27.3 Å². The van der Waals surface area contributed by atoms with Crippen LogP contribution in [-0.2, 0) is 6.42 Å². The van der Waals surface area contributed by atoms with Crippen LogP contribution in [-0.4, -0.2) is 27.3 Å². The topological polar surface area (TPSA) is 30.5 Å². The Bertz CT molecular complexity index is 313. The second-order valence-electron chi connectivity index (χ2n) is 3.69. The van der Waals surface area contributed by atoms with Crippen LogP contribution in [0.1, 0.15) is 18.9 Å². The van der Waals surface area contributed by atoms with Crippen LogP contribution >= 0.6 is 0 Å². The zero-order valence-corrected chi connectivity index (χ0v) is 10.4. The maximum absolute atomic E-state index is 5.60. The normalized spacial score (nSPS) is 10.2. The summed E-state index contributed by atoms with van der Waals surface area (Å²) >= 11 is 0. The van der Waals surface area contributed by atoms with E-state index in [1.807, 2.05) is 19.2 Å². The van der Waals surface area contributed by atoms with Crippen LogP contribution in [0.3, 0.4) is 0 Å². The van der Waals surface area contributed by atoms with Gasteiger partial charge in [0.05, 0.1) is 13.7 Å². The molecule has 0 saturated heterocycles. The average molecular weight is 223 g/mol. The van der Waals surface area contributed by atoms with Crippen LogP contribution in [0.5, 0.6) is 11.5 Å². The highest BCUT2D eigenvalue weighted by Crippen LogP contribution is 2.28. The van der Waals surface area contributed by atoms with Crippen molar-refractivity contribution in [2.45, 2.75) is 19.8 Å². The molecule has 0 unspecified atom stereocenters. The summed E-state index contributed by atoms with van der Waals surface area (Å²) in [6, 6.07) is 6.12. The van der Waals surface area contributed by atoms with Gasteiger partial charge in [0.2, 0.25) is 0 Å². The maximum atomic E-state index is 5.60. The molecule has 1 aromatic carbocycles. The molecule has 16 heavy (non-hydrogen) atoms. The summed E-state index contributed by atoms with van der Waals surface area (Å²) in [5, 5.41) is 3.13. The fourth-order valence-electron chi connectivity index (χ4n) is 1.47. The Morgan fingerprint density at radius 1 is 1.25 bits per heavy atom. The molecule has 0 radical (unpaired) electrons. The molecule has 0 aliphatic heterocycles. The fourth-order valence-corrected chi connectivity index (χ4v) is 1.47. The number of nitrogens with one attached hydrogen (secondary N) is 1. The molecule has 0 heterocycles. The van der Waals surface area contributed by atoms with E-state index in [4.69, 9.17) is 9.47 Å². The van der Waals surface area contributed by atoms with Gasteiger partial charge >= 0.3 is 0 Å². The minimum Gasteiger partial charge on any atom is -0.493 e. The van der Waals surface area contributed by atoms with Gasteiger partial charge < -0.3 is 14.8 Å². The number of ether oxygens (including phenoxy) is 2. The van der Waals surface area contributed by atoms with Crippen molar-refractivity contribution in [3.63, 3.8) is 0 Å². The molecule has 0 aliphatic carbocycles. The lowest BCUT2D eigenvalue weighted by molar-refractivity contribution is 0.294. The Labute approximate surface area is 97.8 Å². The Hall–Kier alpha value is -1.22. The van der Waals surface area contributed by atoms with Crippen molar-refractivity contribution < 1.29 is 9.47 Å². The van der Waals surface area contributed by atoms with E-state index in [-0.39, 0.29) is 0 Å². The van der Waals surface area contributed by atoms with Gasteiger partial charge in [-0.15, -0.1) is 0 Å². The Morgan fingerprint density at radius 2 is 2.06 bits per heavy atom. The third-order valence-corrected chi connectivity index (χ3v) is 2.35. The summed E-state index contributed by atoms with van der Waals surface area (Å²) in [5.41, 5.74) is 1.26. The van der Waals surface area contributed by atoms with Crippen molar-refractivity contribution in [1.29, 1.82) is 0 Å². The maximum Gasteiger partial charge on any atom is 0.161 e. The van der Waals surface area contributed by atoms with Gasteiger partial charge in [-0.05, 0) is 44.1 Å². The molecule has 1 rings (SSSR count). The van der Waals surface area contributed by atoms with Gasteiger partial charge in [0.15, 0.2) is 11.5 Å².